The van der Waals surface area contributed by atoms with Crippen molar-refractivity contribution in [3.63, 3.8) is 0 Å². The lowest BCUT2D eigenvalue weighted by atomic mass is 9.87. The fourth-order valence-corrected chi connectivity index (χ4v) is 4.35. The van der Waals surface area contributed by atoms with Crippen molar-refractivity contribution < 1.29 is 28.7 Å². The summed E-state index contributed by atoms with van der Waals surface area (Å²) in [6.07, 6.45) is 1.72. The number of carbonyl (C=O) groups excluding carboxylic acids is 4. The minimum atomic E-state index is -0.987. The Kier molecular flexibility index (Phi) is 11.3. The minimum absolute atomic E-state index is 0.0237. The highest BCUT2D eigenvalue weighted by Crippen LogP contribution is 2.35. The predicted octanol–water partition coefficient (Wildman–Crippen LogP) is 3.62. The second-order valence-electron chi connectivity index (χ2n) is 10.2. The Morgan fingerprint density at radius 1 is 1.16 bits per heavy atom. The van der Waals surface area contributed by atoms with Crippen LogP contribution >= 0.6 is 12.6 Å². The number of hydrogen-bond donors (Lipinski definition) is 3. The van der Waals surface area contributed by atoms with Gasteiger partial charge in [-0.2, -0.15) is 12.6 Å². The number of ether oxygens (including phenoxy) is 2. The first-order chi connectivity index (χ1) is 17.4. The van der Waals surface area contributed by atoms with E-state index in [2.05, 4.69) is 23.3 Å². The van der Waals surface area contributed by atoms with Crippen LogP contribution in [0, 0.1) is 13.8 Å². The van der Waals surface area contributed by atoms with Gasteiger partial charge in [0.05, 0.1) is 13.0 Å². The van der Waals surface area contributed by atoms with Gasteiger partial charge in [-0.3, -0.25) is 14.4 Å². The Labute approximate surface area is 225 Å². The van der Waals surface area contributed by atoms with Crippen LogP contribution in [0.5, 0.6) is 0 Å². The quantitative estimate of drug-likeness (QED) is 0.295. The van der Waals surface area contributed by atoms with Crippen molar-refractivity contribution in [1.82, 2.24) is 15.5 Å². The molecule has 0 aliphatic heterocycles. The van der Waals surface area contributed by atoms with Gasteiger partial charge in [0.25, 0.3) is 0 Å². The zero-order valence-corrected chi connectivity index (χ0v) is 23.7. The first-order valence-corrected chi connectivity index (χ1v) is 13.4. The predicted molar refractivity (Wildman–Crippen MR) is 144 cm³/mol. The van der Waals surface area contributed by atoms with E-state index in [0.29, 0.717) is 5.56 Å². The van der Waals surface area contributed by atoms with Crippen molar-refractivity contribution in [2.24, 2.45) is 0 Å². The highest BCUT2D eigenvalue weighted by Gasteiger charge is 2.42. The number of amides is 3. The van der Waals surface area contributed by atoms with Crippen LogP contribution in [-0.2, 0) is 23.9 Å². The van der Waals surface area contributed by atoms with E-state index < -0.39 is 41.6 Å². The third-order valence-corrected chi connectivity index (χ3v) is 6.66. The van der Waals surface area contributed by atoms with Gasteiger partial charge < -0.3 is 25.0 Å². The summed E-state index contributed by atoms with van der Waals surface area (Å²) in [5.41, 5.74) is 1.85. The van der Waals surface area contributed by atoms with Crippen LogP contribution in [0.4, 0.5) is 4.79 Å². The Morgan fingerprint density at radius 2 is 1.84 bits per heavy atom. The second-order valence-corrected chi connectivity index (χ2v) is 10.6. The van der Waals surface area contributed by atoms with Gasteiger partial charge in [0.1, 0.15) is 17.7 Å². The number of nitrogens with zero attached hydrogens (tertiary/aromatic N) is 1. The zero-order chi connectivity index (χ0) is 27.8. The average Bonchev–Trinajstić information content (AvgIpc) is 2.77. The highest BCUT2D eigenvalue weighted by molar-refractivity contribution is 7.80. The van der Waals surface area contributed by atoms with Crippen LogP contribution < -0.4 is 10.6 Å². The number of alkyl carbamates (subject to hydrolysis) is 1. The van der Waals surface area contributed by atoms with Crippen LogP contribution in [0.25, 0.3) is 0 Å². The van der Waals surface area contributed by atoms with Gasteiger partial charge in [-0.15, -0.1) is 0 Å². The molecule has 1 fully saturated rings. The number of aryl methyl sites for hydroxylation is 1. The summed E-state index contributed by atoms with van der Waals surface area (Å²) >= 11 is 4.32. The summed E-state index contributed by atoms with van der Waals surface area (Å²) in [6.45, 7) is 11.1. The van der Waals surface area contributed by atoms with E-state index >= 15 is 0 Å². The lowest BCUT2D eigenvalue weighted by molar-refractivity contribution is -0.147. The molecule has 1 aromatic rings. The Morgan fingerprint density at radius 3 is 2.38 bits per heavy atom. The van der Waals surface area contributed by atoms with Crippen LogP contribution in [0.1, 0.15) is 76.1 Å². The molecule has 0 aromatic heterocycles. The summed E-state index contributed by atoms with van der Waals surface area (Å²) in [6, 6.07) is 3.55. The minimum Gasteiger partial charge on any atom is -0.466 e. The lowest BCUT2D eigenvalue weighted by Crippen LogP contribution is -2.58. The van der Waals surface area contributed by atoms with E-state index in [1.165, 1.54) is 0 Å². The Hall–Kier alpha value is -2.75. The molecule has 1 saturated carbocycles. The number of carbonyl (C=O) groups is 4. The van der Waals surface area contributed by atoms with Gasteiger partial charge in [0.2, 0.25) is 11.8 Å². The molecule has 2 N–H and O–H groups in total. The highest BCUT2D eigenvalue weighted by atomic mass is 32.1. The maximum absolute atomic E-state index is 13.9. The topological polar surface area (TPSA) is 114 Å². The molecule has 206 valence electrons. The van der Waals surface area contributed by atoms with E-state index in [9.17, 15) is 19.2 Å². The number of thiol groups is 1. The van der Waals surface area contributed by atoms with Crippen molar-refractivity contribution in [1.29, 1.82) is 0 Å². The fraction of sp³-hybridized carbons (Fsp3) is 0.630. The molecule has 37 heavy (non-hydrogen) atoms. The SMILES string of the molecule is CCOC(=O)CCNC(=O)C(c1cccc(C)c1C)N(C(=O)C(CS)NC(=O)OC(C)(C)C)C1CCC1. The van der Waals surface area contributed by atoms with Gasteiger partial charge in [-0.05, 0) is 77.5 Å². The van der Waals surface area contributed by atoms with Gasteiger partial charge in [-0.1, -0.05) is 18.2 Å². The normalized spacial score (nSPS) is 15.1. The van der Waals surface area contributed by atoms with E-state index in [-0.39, 0.29) is 31.4 Å². The van der Waals surface area contributed by atoms with Gasteiger partial charge in [0, 0.05) is 18.3 Å². The van der Waals surface area contributed by atoms with Crippen LogP contribution in [0.15, 0.2) is 18.2 Å². The van der Waals surface area contributed by atoms with Crippen LogP contribution in [0.2, 0.25) is 0 Å². The van der Waals surface area contributed by atoms with Gasteiger partial charge in [0.15, 0.2) is 0 Å². The van der Waals surface area contributed by atoms with Crippen molar-refractivity contribution in [3.05, 3.63) is 34.9 Å². The Balaban J connectivity index is 2.41. The molecule has 10 heteroatoms. The van der Waals surface area contributed by atoms with Crippen molar-refractivity contribution in [2.75, 3.05) is 18.9 Å². The smallest absolute Gasteiger partial charge is 0.408 e. The zero-order valence-electron chi connectivity index (χ0n) is 22.8. The monoisotopic (exact) mass is 535 g/mol. The summed E-state index contributed by atoms with van der Waals surface area (Å²) in [7, 11) is 0. The fourth-order valence-electron chi connectivity index (χ4n) is 4.10. The summed E-state index contributed by atoms with van der Waals surface area (Å²) < 4.78 is 10.3. The van der Waals surface area contributed by atoms with Gasteiger partial charge >= 0.3 is 12.1 Å². The van der Waals surface area contributed by atoms with Crippen LogP contribution in [0.3, 0.4) is 0 Å². The standard InChI is InChI=1S/C27H41N3O6S/c1-7-35-22(31)14-15-28-24(32)23(20-13-8-10-17(2)18(20)3)30(19-11-9-12-19)25(33)21(16-37)29-26(34)36-27(4,5)6/h8,10,13,19,21,23,37H,7,9,11-12,14-16H2,1-6H3,(H,28,32)(H,29,34). The second kappa shape index (κ2) is 13.7. The molecular weight excluding hydrogens is 494 g/mol. The third kappa shape index (κ3) is 8.66. The third-order valence-electron chi connectivity index (χ3n) is 6.30. The Bertz CT molecular complexity index is 973. The molecule has 2 atom stereocenters. The molecule has 0 bridgehead atoms. The molecule has 1 aliphatic carbocycles. The molecule has 3 amide bonds. The number of benzene rings is 1. The molecule has 9 nitrogen and oxygen atoms in total. The molecule has 2 rings (SSSR count). The van der Waals surface area contributed by atoms with E-state index in [4.69, 9.17) is 9.47 Å². The molecule has 0 spiro atoms. The summed E-state index contributed by atoms with van der Waals surface area (Å²) in [4.78, 5) is 53.5. The van der Waals surface area contributed by atoms with Crippen molar-refractivity contribution in [2.45, 2.75) is 91.0 Å². The maximum Gasteiger partial charge on any atom is 0.408 e. The van der Waals surface area contributed by atoms with E-state index in [0.717, 1.165) is 30.4 Å². The molecule has 0 heterocycles. The molecule has 0 radical (unpaired) electrons. The molecule has 2 unspecified atom stereocenters. The van der Waals surface area contributed by atoms with Gasteiger partial charge in [-0.25, -0.2) is 4.79 Å². The first-order valence-electron chi connectivity index (χ1n) is 12.8. The van der Waals surface area contributed by atoms with E-state index in [1.807, 2.05) is 32.0 Å². The molecule has 0 saturated heterocycles. The van der Waals surface area contributed by atoms with E-state index in [1.54, 1.807) is 32.6 Å². The maximum atomic E-state index is 13.9. The van der Waals surface area contributed by atoms with Crippen molar-refractivity contribution in [3.8, 4) is 0 Å². The van der Waals surface area contributed by atoms with Crippen molar-refractivity contribution >= 4 is 36.5 Å². The number of hydrogen-bond acceptors (Lipinski definition) is 7. The summed E-state index contributed by atoms with van der Waals surface area (Å²) in [5.74, 6) is -1.18. The lowest BCUT2D eigenvalue weighted by Gasteiger charge is -2.44. The average molecular weight is 536 g/mol. The molecule has 1 aromatic carbocycles. The number of rotatable bonds is 11. The molecule has 1 aliphatic rings. The number of nitrogens with one attached hydrogen (secondary N) is 2. The summed E-state index contributed by atoms with van der Waals surface area (Å²) in [5, 5.41) is 5.45. The first kappa shape index (κ1) is 30.5. The molecular formula is C27H41N3O6S. The van der Waals surface area contributed by atoms with Crippen LogP contribution in [-0.4, -0.2) is 65.4 Å². The largest absolute Gasteiger partial charge is 0.466 e. The number of esters is 1.